The van der Waals surface area contributed by atoms with Crippen LogP contribution in [-0.2, 0) is 0 Å². The smallest absolute Gasteiger partial charge is 0.161 e. The third-order valence-corrected chi connectivity index (χ3v) is 3.21. The van der Waals surface area contributed by atoms with Crippen molar-refractivity contribution in [1.29, 1.82) is 0 Å². The van der Waals surface area contributed by atoms with Gasteiger partial charge in [0.05, 0.1) is 20.3 Å². The number of benzene rings is 1. The van der Waals surface area contributed by atoms with Gasteiger partial charge in [-0.1, -0.05) is 12.1 Å². The molecule has 5 nitrogen and oxygen atoms in total. The molecule has 2 rings (SSSR count). The van der Waals surface area contributed by atoms with E-state index < -0.39 is 0 Å². The number of nitrogens with two attached hydrogens (primary N) is 1. The predicted molar refractivity (Wildman–Crippen MR) is 79.1 cm³/mol. The topological polar surface area (TPSA) is 69.4 Å². The number of rotatable bonds is 5. The Morgan fingerprint density at radius 2 is 1.90 bits per heavy atom. The Labute approximate surface area is 118 Å². The van der Waals surface area contributed by atoms with Crippen LogP contribution in [0.2, 0.25) is 0 Å². The molecule has 0 aliphatic heterocycles. The van der Waals surface area contributed by atoms with Crippen molar-refractivity contribution in [3.63, 3.8) is 0 Å². The van der Waals surface area contributed by atoms with Crippen LogP contribution in [0.4, 0.5) is 5.82 Å². The van der Waals surface area contributed by atoms with Crippen molar-refractivity contribution in [2.45, 2.75) is 6.04 Å². The Morgan fingerprint density at radius 1 is 1.15 bits per heavy atom. The van der Waals surface area contributed by atoms with E-state index in [0.717, 1.165) is 11.1 Å². The zero-order valence-electron chi connectivity index (χ0n) is 11.9. The highest BCUT2D eigenvalue weighted by molar-refractivity contribution is 5.49. The second-order valence-electron chi connectivity index (χ2n) is 4.31. The van der Waals surface area contributed by atoms with Gasteiger partial charge in [-0.25, -0.2) is 4.98 Å². The van der Waals surface area contributed by atoms with Crippen molar-refractivity contribution in [2.24, 2.45) is 0 Å². The number of nitrogens with zero attached hydrogens (tertiary/aromatic N) is 1. The number of ether oxygens (including phenoxy) is 2. The SMILES string of the molecule is CNC(c1ccc(OC)c(OC)c1)c1cccnc1N. The first kappa shape index (κ1) is 14.1. The fraction of sp³-hybridized carbons (Fsp3) is 0.267. The van der Waals surface area contributed by atoms with Gasteiger partial charge >= 0.3 is 0 Å². The molecule has 0 aliphatic rings. The lowest BCUT2D eigenvalue weighted by atomic mass is 9.99. The first-order valence-corrected chi connectivity index (χ1v) is 6.30. The molecule has 5 heteroatoms. The van der Waals surface area contributed by atoms with Crippen molar-refractivity contribution < 1.29 is 9.47 Å². The number of anilines is 1. The van der Waals surface area contributed by atoms with Crippen LogP contribution in [0.1, 0.15) is 17.2 Å². The molecule has 1 aromatic heterocycles. The van der Waals surface area contributed by atoms with Crippen LogP contribution in [0.15, 0.2) is 36.5 Å². The molecule has 2 aromatic rings. The molecule has 0 saturated heterocycles. The Balaban J connectivity index is 2.45. The van der Waals surface area contributed by atoms with Gasteiger partial charge in [-0.2, -0.15) is 0 Å². The molecular formula is C15H19N3O2. The van der Waals surface area contributed by atoms with Crippen molar-refractivity contribution in [1.82, 2.24) is 10.3 Å². The summed E-state index contributed by atoms with van der Waals surface area (Å²) >= 11 is 0. The molecule has 1 heterocycles. The normalized spacial score (nSPS) is 11.9. The number of hydrogen-bond donors (Lipinski definition) is 2. The summed E-state index contributed by atoms with van der Waals surface area (Å²) in [6.45, 7) is 0. The Hall–Kier alpha value is -2.27. The van der Waals surface area contributed by atoms with Crippen LogP contribution in [0.5, 0.6) is 11.5 Å². The molecule has 1 atom stereocenters. The molecular weight excluding hydrogens is 254 g/mol. The number of aromatic nitrogens is 1. The van der Waals surface area contributed by atoms with Gasteiger partial charge in [0.2, 0.25) is 0 Å². The maximum atomic E-state index is 5.95. The van der Waals surface area contributed by atoms with Crippen LogP contribution in [0.25, 0.3) is 0 Å². The lowest BCUT2D eigenvalue weighted by molar-refractivity contribution is 0.354. The van der Waals surface area contributed by atoms with E-state index in [1.165, 1.54) is 0 Å². The third kappa shape index (κ3) is 2.67. The molecule has 0 saturated carbocycles. The fourth-order valence-corrected chi connectivity index (χ4v) is 2.21. The van der Waals surface area contributed by atoms with Crippen LogP contribution >= 0.6 is 0 Å². The maximum Gasteiger partial charge on any atom is 0.161 e. The molecule has 0 aliphatic carbocycles. The van der Waals surface area contributed by atoms with E-state index >= 15 is 0 Å². The molecule has 106 valence electrons. The summed E-state index contributed by atoms with van der Waals surface area (Å²) in [6.07, 6.45) is 1.68. The van der Waals surface area contributed by atoms with E-state index in [1.54, 1.807) is 20.4 Å². The molecule has 0 fully saturated rings. The van der Waals surface area contributed by atoms with E-state index in [2.05, 4.69) is 10.3 Å². The van der Waals surface area contributed by atoms with Gasteiger partial charge in [-0.3, -0.25) is 0 Å². The highest BCUT2D eigenvalue weighted by atomic mass is 16.5. The van der Waals surface area contributed by atoms with Crippen LogP contribution in [0.3, 0.4) is 0 Å². The number of nitrogens with one attached hydrogen (secondary N) is 1. The standard InChI is InChI=1S/C15H19N3O2/c1-17-14(11-5-4-8-18-15(11)16)10-6-7-12(19-2)13(9-10)20-3/h4-9,14,17H,1-3H3,(H2,16,18). The number of pyridine rings is 1. The van der Waals surface area contributed by atoms with E-state index in [4.69, 9.17) is 15.2 Å². The minimum Gasteiger partial charge on any atom is -0.493 e. The third-order valence-electron chi connectivity index (χ3n) is 3.21. The quantitative estimate of drug-likeness (QED) is 0.872. The molecule has 0 bridgehead atoms. The summed E-state index contributed by atoms with van der Waals surface area (Å²) < 4.78 is 10.6. The summed E-state index contributed by atoms with van der Waals surface area (Å²) in [5.41, 5.74) is 7.92. The lowest BCUT2D eigenvalue weighted by Gasteiger charge is -2.19. The van der Waals surface area contributed by atoms with Gasteiger partial charge in [0, 0.05) is 11.8 Å². The highest BCUT2D eigenvalue weighted by Gasteiger charge is 2.17. The van der Waals surface area contributed by atoms with Gasteiger partial charge in [-0.05, 0) is 30.8 Å². The van der Waals surface area contributed by atoms with E-state index in [-0.39, 0.29) is 6.04 Å². The van der Waals surface area contributed by atoms with Gasteiger partial charge in [0.15, 0.2) is 11.5 Å². The van der Waals surface area contributed by atoms with Gasteiger partial charge in [0.25, 0.3) is 0 Å². The second kappa shape index (κ2) is 6.25. The molecule has 3 N–H and O–H groups in total. The second-order valence-corrected chi connectivity index (χ2v) is 4.31. The average Bonchev–Trinajstić information content (AvgIpc) is 2.49. The fourth-order valence-electron chi connectivity index (χ4n) is 2.21. The Bertz CT molecular complexity index is 587. The van der Waals surface area contributed by atoms with Gasteiger partial charge < -0.3 is 20.5 Å². The maximum absolute atomic E-state index is 5.95. The number of nitrogen functional groups attached to an aromatic ring is 1. The van der Waals surface area contributed by atoms with Gasteiger partial charge in [-0.15, -0.1) is 0 Å². The van der Waals surface area contributed by atoms with Crippen molar-refractivity contribution in [3.05, 3.63) is 47.7 Å². The first-order chi connectivity index (χ1) is 9.71. The molecule has 1 aromatic carbocycles. The summed E-state index contributed by atoms with van der Waals surface area (Å²) in [7, 11) is 5.12. The summed E-state index contributed by atoms with van der Waals surface area (Å²) in [6, 6.07) is 9.58. The summed E-state index contributed by atoms with van der Waals surface area (Å²) in [4.78, 5) is 4.13. The monoisotopic (exact) mass is 273 g/mol. The zero-order chi connectivity index (χ0) is 14.5. The zero-order valence-corrected chi connectivity index (χ0v) is 11.9. The van der Waals surface area contributed by atoms with Crippen LogP contribution in [-0.4, -0.2) is 26.3 Å². The number of methoxy groups -OCH3 is 2. The minimum absolute atomic E-state index is 0.0523. The summed E-state index contributed by atoms with van der Waals surface area (Å²) in [5, 5.41) is 3.25. The predicted octanol–water partition coefficient (Wildman–Crippen LogP) is 1.99. The highest BCUT2D eigenvalue weighted by Crippen LogP contribution is 2.33. The van der Waals surface area contributed by atoms with E-state index in [1.807, 2.05) is 37.4 Å². The summed E-state index contributed by atoms with van der Waals surface area (Å²) in [5.74, 6) is 1.90. The molecule has 1 unspecified atom stereocenters. The lowest BCUT2D eigenvalue weighted by Crippen LogP contribution is -2.19. The number of hydrogen-bond acceptors (Lipinski definition) is 5. The minimum atomic E-state index is -0.0523. The first-order valence-electron chi connectivity index (χ1n) is 6.30. The van der Waals surface area contributed by atoms with Gasteiger partial charge in [0.1, 0.15) is 5.82 Å². The van der Waals surface area contributed by atoms with E-state index in [9.17, 15) is 0 Å². The van der Waals surface area contributed by atoms with Crippen LogP contribution < -0.4 is 20.5 Å². The molecule has 20 heavy (non-hydrogen) atoms. The van der Waals surface area contributed by atoms with Crippen molar-refractivity contribution in [3.8, 4) is 11.5 Å². The van der Waals surface area contributed by atoms with E-state index in [0.29, 0.717) is 17.3 Å². The molecule has 0 spiro atoms. The average molecular weight is 273 g/mol. The van der Waals surface area contributed by atoms with Crippen LogP contribution in [0, 0.1) is 0 Å². The van der Waals surface area contributed by atoms with Crippen molar-refractivity contribution >= 4 is 5.82 Å². The largest absolute Gasteiger partial charge is 0.493 e. The van der Waals surface area contributed by atoms with Crippen molar-refractivity contribution in [2.75, 3.05) is 27.0 Å². The Kier molecular flexibility index (Phi) is 4.42. The Morgan fingerprint density at radius 3 is 2.50 bits per heavy atom. The molecule has 0 radical (unpaired) electrons. The molecule has 0 amide bonds.